The molecule has 0 bridgehead atoms. The summed E-state index contributed by atoms with van der Waals surface area (Å²) in [6, 6.07) is 21.8. The normalized spacial score (nSPS) is 10.1. The molecular formula is C23H24N6OS. The Balaban J connectivity index is 0.00000132. The second kappa shape index (κ2) is 11.0. The third-order valence-electron chi connectivity index (χ3n) is 4.61. The van der Waals surface area contributed by atoms with E-state index in [1.165, 1.54) is 0 Å². The molecule has 0 aliphatic heterocycles. The van der Waals surface area contributed by atoms with Crippen LogP contribution in [0.3, 0.4) is 0 Å². The van der Waals surface area contributed by atoms with Crippen LogP contribution in [0.2, 0.25) is 0 Å². The summed E-state index contributed by atoms with van der Waals surface area (Å²) in [6.45, 7) is 0.472. The van der Waals surface area contributed by atoms with Crippen molar-refractivity contribution >= 4 is 24.7 Å². The lowest BCUT2D eigenvalue weighted by molar-refractivity contribution is -0.120. The summed E-state index contributed by atoms with van der Waals surface area (Å²) in [6.07, 6.45) is 3.75. The predicted molar refractivity (Wildman–Crippen MR) is 127 cm³/mol. The SMILES string of the molecule is NS.Nc1ncc(-c2ccc(CNC(=O)Cc3ccc(-c4ccccc4)nc3)cc2)[nH]1. The molecule has 8 heteroatoms. The van der Waals surface area contributed by atoms with Crippen molar-refractivity contribution in [1.29, 1.82) is 0 Å². The molecule has 1 amide bonds. The number of rotatable bonds is 6. The van der Waals surface area contributed by atoms with Gasteiger partial charge in [-0.3, -0.25) is 14.9 Å². The molecule has 0 radical (unpaired) electrons. The molecule has 0 aliphatic carbocycles. The second-order valence-electron chi connectivity index (χ2n) is 6.75. The molecular weight excluding hydrogens is 408 g/mol. The van der Waals surface area contributed by atoms with Crippen LogP contribution in [0.1, 0.15) is 11.1 Å². The van der Waals surface area contributed by atoms with Gasteiger partial charge in [-0.2, -0.15) is 0 Å². The van der Waals surface area contributed by atoms with Gasteiger partial charge in [0.05, 0.1) is 24.0 Å². The van der Waals surface area contributed by atoms with Crippen LogP contribution in [-0.4, -0.2) is 20.9 Å². The zero-order valence-corrected chi connectivity index (χ0v) is 17.7. The molecule has 0 aliphatic rings. The van der Waals surface area contributed by atoms with E-state index in [0.29, 0.717) is 18.9 Å². The molecule has 2 aromatic heterocycles. The number of H-pyrrole nitrogens is 1. The Morgan fingerprint density at radius 3 is 2.19 bits per heavy atom. The maximum absolute atomic E-state index is 12.3. The molecule has 2 heterocycles. The minimum Gasteiger partial charge on any atom is -0.369 e. The van der Waals surface area contributed by atoms with Gasteiger partial charge in [-0.05, 0) is 22.8 Å². The van der Waals surface area contributed by atoms with E-state index in [2.05, 4.69) is 38.2 Å². The highest BCUT2D eigenvalue weighted by atomic mass is 32.1. The molecule has 0 unspecified atom stereocenters. The maximum Gasteiger partial charge on any atom is 0.224 e. The smallest absolute Gasteiger partial charge is 0.224 e. The fraction of sp³-hybridized carbons (Fsp3) is 0.0870. The molecule has 31 heavy (non-hydrogen) atoms. The van der Waals surface area contributed by atoms with Crippen molar-refractivity contribution < 1.29 is 4.79 Å². The summed E-state index contributed by atoms with van der Waals surface area (Å²) in [4.78, 5) is 23.7. The Hall–Kier alpha value is -3.62. The zero-order valence-electron chi connectivity index (χ0n) is 16.8. The molecule has 7 nitrogen and oxygen atoms in total. The molecule has 6 N–H and O–H groups in total. The number of hydrogen-bond acceptors (Lipinski definition) is 6. The number of thiol groups is 1. The van der Waals surface area contributed by atoms with Crippen LogP contribution >= 0.6 is 12.8 Å². The third-order valence-corrected chi connectivity index (χ3v) is 4.61. The number of pyridine rings is 1. The second-order valence-corrected chi connectivity index (χ2v) is 6.75. The number of nitrogens with one attached hydrogen (secondary N) is 2. The number of nitrogens with zero attached hydrogens (tertiary/aromatic N) is 2. The first-order chi connectivity index (χ1) is 15.2. The first-order valence-corrected chi connectivity index (χ1v) is 10.1. The number of carbonyl (C=O) groups is 1. The lowest BCUT2D eigenvalue weighted by Gasteiger charge is -2.07. The molecule has 0 saturated heterocycles. The summed E-state index contributed by atoms with van der Waals surface area (Å²) in [5.41, 5.74) is 11.3. The summed E-state index contributed by atoms with van der Waals surface area (Å²) in [5.74, 6) is 0.354. The van der Waals surface area contributed by atoms with Crippen molar-refractivity contribution in [3.05, 3.63) is 90.3 Å². The van der Waals surface area contributed by atoms with Gasteiger partial charge in [0.25, 0.3) is 0 Å². The molecule has 4 aromatic rings. The number of hydrogen-bond donors (Lipinski definition) is 5. The summed E-state index contributed by atoms with van der Waals surface area (Å²) in [7, 11) is 0. The van der Waals surface area contributed by atoms with Gasteiger partial charge < -0.3 is 16.0 Å². The van der Waals surface area contributed by atoms with Gasteiger partial charge in [0.1, 0.15) is 0 Å². The van der Waals surface area contributed by atoms with Crippen LogP contribution in [-0.2, 0) is 17.8 Å². The fourth-order valence-corrected chi connectivity index (χ4v) is 3.04. The van der Waals surface area contributed by atoms with Gasteiger partial charge in [-0.1, -0.05) is 60.7 Å². The fourth-order valence-electron chi connectivity index (χ4n) is 3.04. The number of aromatic amines is 1. The number of imidazole rings is 1. The number of nitrogen functional groups attached to an aromatic ring is 1. The van der Waals surface area contributed by atoms with Crippen molar-refractivity contribution in [2.75, 3.05) is 5.73 Å². The van der Waals surface area contributed by atoms with Gasteiger partial charge >= 0.3 is 0 Å². The van der Waals surface area contributed by atoms with E-state index in [-0.39, 0.29) is 5.91 Å². The third kappa shape index (κ3) is 6.18. The van der Waals surface area contributed by atoms with Crippen LogP contribution < -0.4 is 16.2 Å². The number of carbonyl (C=O) groups excluding carboxylic acids is 1. The molecule has 0 fully saturated rings. The Morgan fingerprint density at radius 2 is 1.58 bits per heavy atom. The molecule has 4 rings (SSSR count). The Labute approximate surface area is 186 Å². The number of nitrogens with two attached hydrogens (primary N) is 2. The number of amides is 1. The van der Waals surface area contributed by atoms with Crippen LogP contribution in [0, 0.1) is 0 Å². The van der Waals surface area contributed by atoms with E-state index in [1.54, 1.807) is 12.4 Å². The molecule has 0 spiro atoms. The summed E-state index contributed by atoms with van der Waals surface area (Å²) in [5, 5.41) is 7.14. The Kier molecular flexibility index (Phi) is 7.80. The van der Waals surface area contributed by atoms with Crippen molar-refractivity contribution in [1.82, 2.24) is 20.3 Å². The highest BCUT2D eigenvalue weighted by molar-refractivity contribution is 7.77. The number of benzene rings is 2. The lowest BCUT2D eigenvalue weighted by atomic mass is 10.1. The van der Waals surface area contributed by atoms with Crippen molar-refractivity contribution in [2.24, 2.45) is 5.14 Å². The van der Waals surface area contributed by atoms with Gasteiger partial charge in [-0.15, -0.1) is 12.8 Å². The van der Waals surface area contributed by atoms with E-state index in [9.17, 15) is 4.79 Å². The molecule has 158 valence electrons. The average Bonchev–Trinajstić information content (AvgIpc) is 3.27. The van der Waals surface area contributed by atoms with Crippen LogP contribution in [0.4, 0.5) is 5.95 Å². The van der Waals surface area contributed by atoms with Gasteiger partial charge in [0, 0.05) is 18.3 Å². The standard InChI is InChI=1S/C23H21N5O.H3NS/c24-23-27-15-21(28-23)19-9-6-16(7-10-19)13-26-22(29)12-17-8-11-20(25-14-17)18-4-2-1-3-5-18;1-2/h1-11,14-15H,12-13H2,(H,26,29)(H3,24,27,28);2H,1H2. The molecule has 0 saturated carbocycles. The molecule has 0 atom stereocenters. The lowest BCUT2D eigenvalue weighted by Crippen LogP contribution is -2.24. The van der Waals surface area contributed by atoms with Crippen molar-refractivity contribution in [2.45, 2.75) is 13.0 Å². The van der Waals surface area contributed by atoms with Crippen LogP contribution in [0.25, 0.3) is 22.5 Å². The summed E-state index contributed by atoms with van der Waals surface area (Å²) >= 11 is 3.03. The number of aromatic nitrogens is 3. The summed E-state index contributed by atoms with van der Waals surface area (Å²) < 4.78 is 0. The Morgan fingerprint density at radius 1 is 0.871 bits per heavy atom. The first kappa shape index (κ1) is 22.1. The van der Waals surface area contributed by atoms with E-state index < -0.39 is 0 Å². The monoisotopic (exact) mass is 432 g/mol. The predicted octanol–water partition coefficient (Wildman–Crippen LogP) is 3.37. The van der Waals surface area contributed by atoms with E-state index >= 15 is 0 Å². The van der Waals surface area contributed by atoms with E-state index in [1.807, 2.05) is 66.7 Å². The van der Waals surface area contributed by atoms with Crippen molar-refractivity contribution in [3.8, 4) is 22.5 Å². The largest absolute Gasteiger partial charge is 0.369 e. The van der Waals surface area contributed by atoms with Gasteiger partial charge in [-0.25, -0.2) is 4.98 Å². The average molecular weight is 433 g/mol. The number of anilines is 1. The minimum absolute atomic E-state index is 0.0373. The first-order valence-electron chi connectivity index (χ1n) is 9.60. The highest BCUT2D eigenvalue weighted by Gasteiger charge is 2.06. The minimum atomic E-state index is -0.0373. The molecule has 2 aromatic carbocycles. The van der Waals surface area contributed by atoms with E-state index in [0.717, 1.165) is 33.6 Å². The van der Waals surface area contributed by atoms with Gasteiger partial charge in [0.15, 0.2) is 5.95 Å². The Bertz CT molecular complexity index is 1100. The topological polar surface area (TPSA) is 123 Å². The van der Waals surface area contributed by atoms with E-state index in [4.69, 9.17) is 5.73 Å². The van der Waals surface area contributed by atoms with Crippen LogP contribution in [0.15, 0.2) is 79.1 Å². The highest BCUT2D eigenvalue weighted by Crippen LogP contribution is 2.18. The van der Waals surface area contributed by atoms with Crippen molar-refractivity contribution in [3.63, 3.8) is 0 Å². The maximum atomic E-state index is 12.3. The van der Waals surface area contributed by atoms with Crippen LogP contribution in [0.5, 0.6) is 0 Å². The van der Waals surface area contributed by atoms with Gasteiger partial charge in [0.2, 0.25) is 5.91 Å². The zero-order chi connectivity index (χ0) is 22.1. The quantitative estimate of drug-likeness (QED) is 0.299.